The van der Waals surface area contributed by atoms with Crippen LogP contribution in [0.25, 0.3) is 10.9 Å². The van der Waals surface area contributed by atoms with Gasteiger partial charge in [-0.15, -0.1) is 0 Å². The Bertz CT molecular complexity index is 1110. The number of halogens is 1. The molecule has 0 spiro atoms. The lowest BCUT2D eigenvalue weighted by molar-refractivity contribution is -0.122. The van der Waals surface area contributed by atoms with Gasteiger partial charge in [-0.2, -0.15) is 0 Å². The van der Waals surface area contributed by atoms with E-state index in [4.69, 9.17) is 11.6 Å². The summed E-state index contributed by atoms with van der Waals surface area (Å²) >= 11 is 6.47. The van der Waals surface area contributed by atoms with E-state index in [1.807, 2.05) is 54.7 Å². The number of nitrogens with one attached hydrogen (secondary N) is 4. The smallest absolute Gasteiger partial charge is 0.322 e. The van der Waals surface area contributed by atoms with Gasteiger partial charge >= 0.3 is 6.03 Å². The molecule has 3 aromatic rings. The number of carbonyl (C=O) groups excluding carboxylic acids is 3. The third-order valence-corrected chi connectivity index (χ3v) is 5.64. The highest BCUT2D eigenvalue weighted by Gasteiger charge is 2.29. The largest absolute Gasteiger partial charge is 0.361 e. The molecule has 154 valence electrons. The number of rotatable bonds is 7. The Morgan fingerprint density at radius 1 is 1.07 bits per heavy atom. The summed E-state index contributed by atoms with van der Waals surface area (Å²) < 4.78 is 0. The molecule has 1 fully saturated rings. The van der Waals surface area contributed by atoms with E-state index in [1.54, 1.807) is 0 Å². The van der Waals surface area contributed by atoms with Crippen molar-refractivity contribution >= 4 is 40.3 Å². The summed E-state index contributed by atoms with van der Waals surface area (Å²) in [5.41, 5.74) is 2.98. The number of H-pyrrole nitrogens is 1. The Morgan fingerprint density at radius 2 is 1.83 bits per heavy atom. The molecule has 2 heterocycles. The predicted molar refractivity (Wildman–Crippen MR) is 114 cm³/mol. The molecule has 8 heteroatoms. The molecule has 30 heavy (non-hydrogen) atoms. The van der Waals surface area contributed by atoms with E-state index in [0.29, 0.717) is 11.6 Å². The first kappa shape index (κ1) is 20.0. The summed E-state index contributed by atoms with van der Waals surface area (Å²) in [6.07, 6.45) is 2.32. The van der Waals surface area contributed by atoms with E-state index < -0.39 is 18.0 Å². The van der Waals surface area contributed by atoms with Crippen LogP contribution in [0.1, 0.15) is 29.9 Å². The minimum atomic E-state index is -0.670. The zero-order valence-corrected chi connectivity index (χ0v) is 16.8. The van der Waals surface area contributed by atoms with Crippen LogP contribution in [-0.2, 0) is 9.59 Å². The van der Waals surface area contributed by atoms with Gasteiger partial charge in [-0.1, -0.05) is 48.0 Å². The first-order valence-corrected chi connectivity index (χ1v) is 10.1. The summed E-state index contributed by atoms with van der Waals surface area (Å²) in [4.78, 5) is 38.5. The topological polar surface area (TPSA) is 103 Å². The maximum Gasteiger partial charge on any atom is 0.322 e. The number of amides is 4. The van der Waals surface area contributed by atoms with Gasteiger partial charge in [0.1, 0.15) is 6.04 Å². The van der Waals surface area contributed by atoms with Crippen LogP contribution in [0.4, 0.5) is 4.79 Å². The molecule has 0 unspecified atom stereocenters. The summed E-state index contributed by atoms with van der Waals surface area (Å²) in [6, 6.07) is 14.4. The molecule has 1 aliphatic rings. The molecular weight excluding hydrogens is 404 g/mol. The number of para-hydroxylation sites is 1. The molecule has 2 aromatic carbocycles. The third kappa shape index (κ3) is 4.16. The molecule has 0 aliphatic carbocycles. The van der Waals surface area contributed by atoms with Crippen LogP contribution in [0.5, 0.6) is 0 Å². The zero-order valence-electron chi connectivity index (χ0n) is 16.1. The van der Waals surface area contributed by atoms with Gasteiger partial charge in [-0.05, 0) is 29.7 Å². The number of aromatic nitrogens is 1. The maximum absolute atomic E-state index is 12.4. The minimum Gasteiger partial charge on any atom is -0.361 e. The van der Waals surface area contributed by atoms with Gasteiger partial charge in [0.15, 0.2) is 0 Å². The predicted octanol–water partition coefficient (Wildman–Crippen LogP) is 3.06. The van der Waals surface area contributed by atoms with Crippen molar-refractivity contribution in [1.29, 1.82) is 0 Å². The molecule has 7 nitrogen and oxygen atoms in total. The van der Waals surface area contributed by atoms with E-state index in [1.165, 1.54) is 0 Å². The van der Waals surface area contributed by atoms with Crippen molar-refractivity contribution in [3.05, 3.63) is 70.9 Å². The number of imide groups is 1. The molecule has 4 amide bonds. The van der Waals surface area contributed by atoms with Crippen molar-refractivity contribution in [2.75, 3.05) is 6.54 Å². The highest BCUT2D eigenvalue weighted by molar-refractivity contribution is 6.31. The Labute approximate surface area is 178 Å². The maximum atomic E-state index is 12.4. The number of benzene rings is 2. The molecule has 0 saturated carbocycles. The summed E-state index contributed by atoms with van der Waals surface area (Å²) in [5.74, 6) is -0.741. The lowest BCUT2D eigenvalue weighted by atomic mass is 9.90. The number of carbonyl (C=O) groups is 3. The fourth-order valence-corrected chi connectivity index (χ4v) is 4.04. The number of hydrogen-bond acceptors (Lipinski definition) is 3. The highest BCUT2D eigenvalue weighted by atomic mass is 35.5. The van der Waals surface area contributed by atoms with E-state index in [0.717, 1.165) is 22.0 Å². The molecule has 4 N–H and O–H groups in total. The Balaban J connectivity index is 1.50. The van der Waals surface area contributed by atoms with Crippen molar-refractivity contribution in [1.82, 2.24) is 20.9 Å². The molecule has 1 aliphatic heterocycles. The fraction of sp³-hybridized carbons (Fsp3) is 0.227. The van der Waals surface area contributed by atoms with Gasteiger partial charge in [-0.25, -0.2) is 4.79 Å². The first-order chi connectivity index (χ1) is 14.5. The van der Waals surface area contributed by atoms with Crippen molar-refractivity contribution in [3.63, 3.8) is 0 Å². The van der Waals surface area contributed by atoms with Crippen molar-refractivity contribution in [2.24, 2.45) is 0 Å². The van der Waals surface area contributed by atoms with Crippen molar-refractivity contribution in [2.45, 2.75) is 24.8 Å². The number of urea groups is 1. The van der Waals surface area contributed by atoms with Crippen molar-refractivity contribution in [3.8, 4) is 0 Å². The highest BCUT2D eigenvalue weighted by Crippen LogP contribution is 2.34. The van der Waals surface area contributed by atoms with Gasteiger partial charge in [-0.3, -0.25) is 14.9 Å². The van der Waals surface area contributed by atoms with Crippen LogP contribution >= 0.6 is 11.6 Å². The Morgan fingerprint density at radius 3 is 2.60 bits per heavy atom. The lowest BCUT2D eigenvalue weighted by Gasteiger charge is -2.19. The van der Waals surface area contributed by atoms with Gasteiger partial charge in [0.25, 0.3) is 5.91 Å². The molecule has 0 radical (unpaired) electrons. The average molecular weight is 425 g/mol. The standard InChI is InChI=1S/C22H21ClN4O3/c23-17-7-3-1-5-13(17)15(16-11-24-18-8-4-2-6-14(16)18)12-25-20(28)10-9-19-21(29)27-22(30)26-19/h1-8,11,15,19,24H,9-10,12H2,(H,25,28)(H2,26,27,29,30)/t15-,19-/m0/s1. The van der Waals surface area contributed by atoms with Gasteiger partial charge in [0, 0.05) is 41.0 Å². The van der Waals surface area contributed by atoms with Crippen LogP contribution in [0, 0.1) is 0 Å². The molecule has 0 bridgehead atoms. The second-order valence-electron chi connectivity index (χ2n) is 7.22. The van der Waals surface area contributed by atoms with Crippen LogP contribution < -0.4 is 16.0 Å². The number of fused-ring (bicyclic) bond motifs is 1. The fourth-order valence-electron chi connectivity index (χ4n) is 3.77. The second-order valence-corrected chi connectivity index (χ2v) is 7.63. The van der Waals surface area contributed by atoms with Crippen LogP contribution in [-0.4, -0.2) is 35.4 Å². The van der Waals surface area contributed by atoms with Crippen LogP contribution in [0.3, 0.4) is 0 Å². The SMILES string of the molecule is O=C(CC[C@@H]1NC(=O)NC1=O)NC[C@@H](c1ccccc1Cl)c1c[nH]c2ccccc12. The molecule has 2 atom stereocenters. The lowest BCUT2D eigenvalue weighted by Crippen LogP contribution is -2.33. The quantitative estimate of drug-likeness (QED) is 0.438. The van der Waals surface area contributed by atoms with E-state index in [-0.39, 0.29) is 24.7 Å². The summed E-state index contributed by atoms with van der Waals surface area (Å²) in [6.45, 7) is 0.355. The van der Waals surface area contributed by atoms with E-state index >= 15 is 0 Å². The minimum absolute atomic E-state index is 0.126. The van der Waals surface area contributed by atoms with E-state index in [2.05, 4.69) is 20.9 Å². The summed E-state index contributed by atoms with van der Waals surface area (Å²) in [5, 5.41) is 9.32. The van der Waals surface area contributed by atoms with Crippen LogP contribution in [0.15, 0.2) is 54.7 Å². The first-order valence-electron chi connectivity index (χ1n) is 9.71. The summed E-state index contributed by atoms with van der Waals surface area (Å²) in [7, 11) is 0. The Hall–Kier alpha value is -3.32. The molecule has 1 saturated heterocycles. The molecule has 4 rings (SSSR count). The second kappa shape index (κ2) is 8.59. The Kier molecular flexibility index (Phi) is 5.72. The number of aromatic amines is 1. The molecular formula is C22H21ClN4O3. The van der Waals surface area contributed by atoms with Gasteiger partial charge in [0.05, 0.1) is 0 Å². The van der Waals surface area contributed by atoms with Gasteiger partial charge < -0.3 is 15.6 Å². The monoisotopic (exact) mass is 424 g/mol. The van der Waals surface area contributed by atoms with Crippen molar-refractivity contribution < 1.29 is 14.4 Å². The molecule has 1 aromatic heterocycles. The zero-order chi connectivity index (χ0) is 21.1. The normalized spacial score (nSPS) is 16.9. The number of hydrogen-bond donors (Lipinski definition) is 4. The van der Waals surface area contributed by atoms with Gasteiger partial charge in [0.2, 0.25) is 5.91 Å². The van der Waals surface area contributed by atoms with E-state index in [9.17, 15) is 14.4 Å². The third-order valence-electron chi connectivity index (χ3n) is 5.30. The average Bonchev–Trinajstić information content (AvgIpc) is 3.30. The van der Waals surface area contributed by atoms with Crippen LogP contribution in [0.2, 0.25) is 5.02 Å².